The summed E-state index contributed by atoms with van der Waals surface area (Å²) in [5.41, 5.74) is 3.03. The highest BCUT2D eigenvalue weighted by molar-refractivity contribution is 5.90. The Labute approximate surface area is 220 Å². The number of ether oxygens (including phenoxy) is 3. The Morgan fingerprint density at radius 3 is 2.45 bits per heavy atom. The standard InChI is InChI=1S/C25H25NO4.C4H6O4/c1-26-13-12-25-17-9-11-20(29-24(27)15-6-4-3-5-7-15)23(25)30-22-19(28-2)10-8-16(21(22)25)14-18(17)26;5-3(6)1-2-4(7)8/h3-8,10-11,17-18,23H,9,12-14H2,1-2H3;1-2H2,(H,5,6)(H,7,8)/t17-,18+,23-,25-;/m0./s1. The Bertz CT molecular complexity index is 1270. The summed E-state index contributed by atoms with van der Waals surface area (Å²) >= 11 is 0. The molecular formula is C29H31NO8. The van der Waals surface area contributed by atoms with Crippen LogP contribution in [-0.4, -0.2) is 65.9 Å². The fourth-order valence-electron chi connectivity index (χ4n) is 6.52. The summed E-state index contributed by atoms with van der Waals surface area (Å²) in [6, 6.07) is 13.8. The van der Waals surface area contributed by atoms with Crippen molar-refractivity contribution in [3.05, 3.63) is 71.0 Å². The Hall–Kier alpha value is -3.85. The monoisotopic (exact) mass is 521 g/mol. The van der Waals surface area contributed by atoms with Gasteiger partial charge in [-0.05, 0) is 68.6 Å². The molecule has 6 rings (SSSR count). The van der Waals surface area contributed by atoms with E-state index in [0.717, 1.165) is 37.3 Å². The molecule has 0 amide bonds. The van der Waals surface area contributed by atoms with Gasteiger partial charge >= 0.3 is 17.9 Å². The largest absolute Gasteiger partial charge is 0.493 e. The summed E-state index contributed by atoms with van der Waals surface area (Å²) in [4.78, 5) is 34.6. The van der Waals surface area contributed by atoms with Crippen molar-refractivity contribution in [3.8, 4) is 11.5 Å². The van der Waals surface area contributed by atoms with Crippen molar-refractivity contribution in [2.45, 2.75) is 49.7 Å². The maximum atomic E-state index is 12.8. The fourth-order valence-corrected chi connectivity index (χ4v) is 6.52. The number of benzene rings is 2. The van der Waals surface area contributed by atoms with Gasteiger partial charge in [-0.2, -0.15) is 0 Å². The molecule has 1 spiro atoms. The van der Waals surface area contributed by atoms with Crippen LogP contribution in [0, 0.1) is 5.92 Å². The average molecular weight is 522 g/mol. The first kappa shape index (κ1) is 25.8. The molecule has 2 heterocycles. The molecule has 9 heteroatoms. The van der Waals surface area contributed by atoms with Crippen LogP contribution in [0.4, 0.5) is 0 Å². The number of hydrogen-bond donors (Lipinski definition) is 2. The predicted octanol–water partition coefficient (Wildman–Crippen LogP) is 3.65. The summed E-state index contributed by atoms with van der Waals surface area (Å²) in [6.45, 7) is 1.01. The van der Waals surface area contributed by atoms with Crippen molar-refractivity contribution in [1.82, 2.24) is 4.90 Å². The Kier molecular flexibility index (Phi) is 6.88. The number of carboxylic acids is 2. The van der Waals surface area contributed by atoms with Crippen molar-refractivity contribution in [2.24, 2.45) is 5.92 Å². The van der Waals surface area contributed by atoms with E-state index in [2.05, 4.69) is 24.1 Å². The van der Waals surface area contributed by atoms with Gasteiger partial charge in [-0.15, -0.1) is 0 Å². The molecule has 1 saturated heterocycles. The lowest BCUT2D eigenvalue weighted by molar-refractivity contribution is -0.143. The highest BCUT2D eigenvalue weighted by Gasteiger charge is 2.64. The topological polar surface area (TPSA) is 123 Å². The first-order valence-corrected chi connectivity index (χ1v) is 12.7. The van der Waals surface area contributed by atoms with Crippen LogP contribution in [-0.2, 0) is 26.2 Å². The maximum absolute atomic E-state index is 12.8. The number of piperidine rings is 1. The molecule has 2 aromatic rings. The van der Waals surface area contributed by atoms with Crippen LogP contribution in [0.15, 0.2) is 54.3 Å². The first-order chi connectivity index (χ1) is 18.3. The number of carboxylic acid groups (broad SMARTS) is 2. The van der Waals surface area contributed by atoms with Gasteiger partial charge in [-0.25, -0.2) is 4.79 Å². The van der Waals surface area contributed by atoms with Crippen molar-refractivity contribution in [3.63, 3.8) is 0 Å². The van der Waals surface area contributed by atoms with Crippen LogP contribution in [0.5, 0.6) is 11.5 Å². The Morgan fingerprint density at radius 2 is 1.79 bits per heavy atom. The molecule has 0 unspecified atom stereocenters. The molecule has 0 aromatic heterocycles. The number of rotatable bonds is 6. The number of carbonyl (C=O) groups is 3. The average Bonchev–Trinajstić information content (AvgIpc) is 3.26. The third-order valence-electron chi connectivity index (χ3n) is 8.20. The zero-order valence-electron chi connectivity index (χ0n) is 21.4. The molecule has 200 valence electrons. The number of allylic oxidation sites excluding steroid dienone is 1. The zero-order valence-corrected chi connectivity index (χ0v) is 21.4. The molecule has 4 atom stereocenters. The first-order valence-electron chi connectivity index (χ1n) is 12.7. The van der Waals surface area contributed by atoms with E-state index in [9.17, 15) is 14.4 Å². The van der Waals surface area contributed by atoms with Crippen LogP contribution in [0.1, 0.15) is 47.2 Å². The number of hydrogen-bond acceptors (Lipinski definition) is 7. The number of nitrogens with zero attached hydrogens (tertiary/aromatic N) is 1. The zero-order chi connectivity index (χ0) is 27.0. The van der Waals surface area contributed by atoms with E-state index >= 15 is 0 Å². The number of likely N-dealkylation sites (tertiary alicyclic amines) is 1. The van der Waals surface area contributed by atoms with Crippen molar-refractivity contribution in [2.75, 3.05) is 20.7 Å². The molecule has 2 aromatic carbocycles. The van der Waals surface area contributed by atoms with Gasteiger partial charge in [0, 0.05) is 17.0 Å². The van der Waals surface area contributed by atoms with Crippen LogP contribution in [0.3, 0.4) is 0 Å². The number of methoxy groups -OCH3 is 1. The lowest BCUT2D eigenvalue weighted by Crippen LogP contribution is -2.63. The van der Waals surface area contributed by atoms with Gasteiger partial charge in [-0.3, -0.25) is 9.59 Å². The molecule has 2 aliphatic heterocycles. The molecule has 38 heavy (non-hydrogen) atoms. The fraction of sp³-hybridized carbons (Fsp3) is 0.414. The predicted molar refractivity (Wildman–Crippen MR) is 136 cm³/mol. The van der Waals surface area contributed by atoms with E-state index in [0.29, 0.717) is 23.3 Å². The molecule has 2 N–H and O–H groups in total. The van der Waals surface area contributed by atoms with E-state index in [4.69, 9.17) is 24.4 Å². The highest BCUT2D eigenvalue weighted by atomic mass is 16.6. The lowest BCUT2D eigenvalue weighted by Gasteiger charge is -2.56. The molecular weight excluding hydrogens is 490 g/mol. The third-order valence-corrected chi connectivity index (χ3v) is 8.20. The SMILES string of the molecule is COc1ccc2c3c1O[C@H]1C(OC(=O)c4ccccc4)=CC[C@H]4[C@@H](C2)N(C)CC[C@]314.O=C(O)CCC(=O)O. The van der Waals surface area contributed by atoms with Crippen LogP contribution < -0.4 is 9.47 Å². The number of carbonyl (C=O) groups excluding carboxylic acids is 1. The van der Waals surface area contributed by atoms with Gasteiger partial charge in [0.1, 0.15) is 5.76 Å². The van der Waals surface area contributed by atoms with Gasteiger partial charge in [0.15, 0.2) is 17.6 Å². The maximum Gasteiger partial charge on any atom is 0.343 e. The normalized spacial score (nSPS) is 26.1. The molecule has 2 bridgehead atoms. The molecule has 9 nitrogen and oxygen atoms in total. The third kappa shape index (κ3) is 4.30. The smallest absolute Gasteiger partial charge is 0.343 e. The van der Waals surface area contributed by atoms with E-state index in [1.165, 1.54) is 11.1 Å². The van der Waals surface area contributed by atoms with Crippen molar-refractivity contribution < 1.29 is 38.8 Å². The van der Waals surface area contributed by atoms with Gasteiger partial charge in [0.05, 0.1) is 25.5 Å². The summed E-state index contributed by atoms with van der Waals surface area (Å²) in [6.07, 6.45) is 4.11. The van der Waals surface area contributed by atoms with Crippen LogP contribution >= 0.6 is 0 Å². The summed E-state index contributed by atoms with van der Waals surface area (Å²) in [7, 11) is 3.91. The second-order valence-electron chi connectivity index (χ2n) is 10.2. The van der Waals surface area contributed by atoms with Crippen molar-refractivity contribution >= 4 is 17.9 Å². The number of esters is 1. The minimum absolute atomic E-state index is 0.157. The van der Waals surface area contributed by atoms with Gasteiger partial charge in [0.25, 0.3) is 0 Å². The van der Waals surface area contributed by atoms with E-state index < -0.39 is 11.9 Å². The molecule has 4 aliphatic rings. The highest BCUT2D eigenvalue weighted by Crippen LogP contribution is 2.63. The van der Waals surface area contributed by atoms with E-state index in [1.807, 2.05) is 24.3 Å². The van der Waals surface area contributed by atoms with E-state index in [1.54, 1.807) is 19.2 Å². The summed E-state index contributed by atoms with van der Waals surface area (Å²) < 4.78 is 18.2. The Morgan fingerprint density at radius 1 is 1.08 bits per heavy atom. The molecule has 0 radical (unpaired) electrons. The number of likely N-dealkylation sites (N-methyl/N-ethyl adjacent to an activating group) is 1. The van der Waals surface area contributed by atoms with Gasteiger partial charge in [0.2, 0.25) is 0 Å². The molecule has 1 fully saturated rings. The Balaban J connectivity index is 0.000000323. The lowest BCUT2D eigenvalue weighted by atomic mass is 9.53. The molecule has 0 saturated carbocycles. The van der Waals surface area contributed by atoms with Gasteiger partial charge in [-0.1, -0.05) is 24.3 Å². The van der Waals surface area contributed by atoms with Crippen LogP contribution in [0.2, 0.25) is 0 Å². The summed E-state index contributed by atoms with van der Waals surface area (Å²) in [5.74, 6) is 0.221. The minimum atomic E-state index is -1.08. The van der Waals surface area contributed by atoms with Crippen LogP contribution in [0.25, 0.3) is 0 Å². The minimum Gasteiger partial charge on any atom is -0.493 e. The second kappa shape index (κ2) is 10.1. The summed E-state index contributed by atoms with van der Waals surface area (Å²) in [5, 5.41) is 15.8. The molecule has 2 aliphatic carbocycles. The number of aliphatic carboxylic acids is 2. The van der Waals surface area contributed by atoms with E-state index in [-0.39, 0.29) is 30.3 Å². The van der Waals surface area contributed by atoms with Gasteiger partial charge < -0.3 is 29.3 Å². The quantitative estimate of drug-likeness (QED) is 0.549. The second-order valence-corrected chi connectivity index (χ2v) is 10.2. The van der Waals surface area contributed by atoms with Crippen molar-refractivity contribution in [1.29, 1.82) is 0 Å².